The van der Waals surface area contributed by atoms with Crippen molar-refractivity contribution in [3.05, 3.63) is 57.8 Å². The number of carbonyl (C=O) groups excluding carboxylic acids is 1. The summed E-state index contributed by atoms with van der Waals surface area (Å²) in [4.78, 5) is 11.7. The maximum atomic E-state index is 13.0. The summed E-state index contributed by atoms with van der Waals surface area (Å²) >= 11 is 8.96. The van der Waals surface area contributed by atoms with Crippen LogP contribution >= 0.6 is 27.5 Å². The largest absolute Gasteiger partial charge is 0.323 e. The Labute approximate surface area is 122 Å². The molecule has 2 aromatic carbocycles. The van der Waals surface area contributed by atoms with E-state index in [1.807, 2.05) is 0 Å². The van der Waals surface area contributed by atoms with Gasteiger partial charge in [-0.15, -0.1) is 0 Å². The Balaban J connectivity index is 2.05. The molecule has 0 aromatic heterocycles. The normalized spacial score (nSPS) is 10.1. The monoisotopic (exact) mass is 342 g/mol. The van der Waals surface area contributed by atoms with Crippen LogP contribution in [-0.2, 0) is 0 Å². The van der Waals surface area contributed by atoms with Crippen LogP contribution in [0.25, 0.3) is 0 Å². The van der Waals surface area contributed by atoms with E-state index in [4.69, 9.17) is 11.6 Å². The summed E-state index contributed by atoms with van der Waals surface area (Å²) in [5, 5.41) is 5.62. The first kappa shape index (κ1) is 13.8. The van der Waals surface area contributed by atoms with E-state index >= 15 is 0 Å². The molecule has 0 aliphatic rings. The fourth-order valence-corrected chi connectivity index (χ4v) is 1.98. The van der Waals surface area contributed by atoms with Crippen LogP contribution in [0.15, 0.2) is 46.9 Å². The summed E-state index contributed by atoms with van der Waals surface area (Å²) in [7, 11) is 0. The molecule has 2 aromatic rings. The average Bonchev–Trinajstić information content (AvgIpc) is 2.37. The van der Waals surface area contributed by atoms with Gasteiger partial charge in [0.25, 0.3) is 0 Å². The molecule has 6 heteroatoms. The molecular formula is C13H9BrClFN2O. The van der Waals surface area contributed by atoms with E-state index < -0.39 is 11.8 Å². The predicted octanol–water partition coefficient (Wildman–Crippen LogP) is 4.89. The van der Waals surface area contributed by atoms with Gasteiger partial charge in [-0.3, -0.25) is 0 Å². The molecule has 0 atom stereocenters. The lowest BCUT2D eigenvalue weighted by Gasteiger charge is -2.09. The van der Waals surface area contributed by atoms with Gasteiger partial charge in [0.2, 0.25) is 0 Å². The minimum atomic E-state index is -0.452. The van der Waals surface area contributed by atoms with Gasteiger partial charge in [-0.05, 0) is 46.3 Å². The molecule has 98 valence electrons. The molecule has 0 heterocycles. The molecule has 0 aliphatic carbocycles. The molecule has 0 fully saturated rings. The highest BCUT2D eigenvalue weighted by molar-refractivity contribution is 9.10. The molecule has 0 spiro atoms. The van der Waals surface area contributed by atoms with Crippen LogP contribution in [0, 0.1) is 5.82 Å². The summed E-state index contributed by atoms with van der Waals surface area (Å²) in [5.74, 6) is -0.392. The Morgan fingerprint density at radius 2 is 1.89 bits per heavy atom. The fraction of sp³-hybridized carbons (Fsp3) is 0. The molecule has 0 bridgehead atoms. The molecule has 0 aliphatic heterocycles. The standard InChI is InChI=1S/C13H9BrClFN2O/c14-9-7-8(5-6-11(9)16)17-13(19)18-12-4-2-1-3-10(12)15/h1-7H,(H2,17,18,19). The van der Waals surface area contributed by atoms with Crippen LogP contribution in [0.5, 0.6) is 0 Å². The van der Waals surface area contributed by atoms with Crippen LogP contribution in [0.1, 0.15) is 0 Å². The highest BCUT2D eigenvalue weighted by Crippen LogP contribution is 2.22. The molecule has 2 N–H and O–H groups in total. The zero-order valence-electron chi connectivity index (χ0n) is 9.58. The lowest BCUT2D eigenvalue weighted by molar-refractivity contribution is 0.262. The Kier molecular flexibility index (Phi) is 4.39. The predicted molar refractivity (Wildman–Crippen MR) is 78.2 cm³/mol. The second-order valence-electron chi connectivity index (χ2n) is 3.69. The number of urea groups is 1. The van der Waals surface area contributed by atoms with Crippen molar-refractivity contribution >= 4 is 44.9 Å². The van der Waals surface area contributed by atoms with Crippen LogP contribution < -0.4 is 10.6 Å². The molecule has 0 saturated heterocycles. The average molecular weight is 344 g/mol. The van der Waals surface area contributed by atoms with E-state index in [1.165, 1.54) is 18.2 Å². The third kappa shape index (κ3) is 3.68. The molecule has 3 nitrogen and oxygen atoms in total. The first-order valence-corrected chi connectivity index (χ1v) is 6.51. The summed E-state index contributed by atoms with van der Waals surface area (Å²) in [6.07, 6.45) is 0. The van der Waals surface area contributed by atoms with E-state index in [9.17, 15) is 9.18 Å². The summed E-state index contributed by atoms with van der Waals surface area (Å²) in [6, 6.07) is 10.6. The highest BCUT2D eigenvalue weighted by atomic mass is 79.9. The fourth-order valence-electron chi connectivity index (χ4n) is 1.42. The smallest absolute Gasteiger partial charge is 0.308 e. The molecule has 0 saturated carbocycles. The topological polar surface area (TPSA) is 41.1 Å². The first-order chi connectivity index (χ1) is 9.06. The van der Waals surface area contributed by atoms with Crippen molar-refractivity contribution < 1.29 is 9.18 Å². The molecule has 2 amide bonds. The number of para-hydroxylation sites is 1. The van der Waals surface area contributed by atoms with Crippen molar-refractivity contribution in [3.63, 3.8) is 0 Å². The zero-order chi connectivity index (χ0) is 13.8. The third-order valence-electron chi connectivity index (χ3n) is 2.30. The Hall–Kier alpha value is -1.59. The van der Waals surface area contributed by atoms with Crippen LogP contribution in [0.3, 0.4) is 0 Å². The van der Waals surface area contributed by atoms with Gasteiger partial charge in [0.05, 0.1) is 15.2 Å². The van der Waals surface area contributed by atoms with Gasteiger partial charge in [-0.2, -0.15) is 0 Å². The SMILES string of the molecule is O=C(Nc1ccc(F)c(Br)c1)Nc1ccccc1Cl. The van der Waals surface area contributed by atoms with Gasteiger partial charge in [-0.25, -0.2) is 9.18 Å². The van der Waals surface area contributed by atoms with Gasteiger partial charge in [0, 0.05) is 5.69 Å². The summed E-state index contributed by atoms with van der Waals surface area (Å²) in [6.45, 7) is 0. The number of hydrogen-bond donors (Lipinski definition) is 2. The van der Waals surface area contributed by atoms with Crippen LogP contribution in [-0.4, -0.2) is 6.03 Å². The number of anilines is 2. The zero-order valence-corrected chi connectivity index (χ0v) is 11.9. The van der Waals surface area contributed by atoms with E-state index in [-0.39, 0.29) is 4.47 Å². The van der Waals surface area contributed by atoms with Gasteiger partial charge >= 0.3 is 6.03 Å². The lowest BCUT2D eigenvalue weighted by atomic mass is 10.3. The van der Waals surface area contributed by atoms with Crippen molar-refractivity contribution in [1.29, 1.82) is 0 Å². The van der Waals surface area contributed by atoms with Crippen molar-refractivity contribution in [2.24, 2.45) is 0 Å². The Morgan fingerprint density at radius 3 is 2.58 bits per heavy atom. The molecule has 0 radical (unpaired) electrons. The van der Waals surface area contributed by atoms with Gasteiger partial charge in [0.1, 0.15) is 5.82 Å². The third-order valence-corrected chi connectivity index (χ3v) is 3.24. The second-order valence-corrected chi connectivity index (χ2v) is 4.95. The van der Waals surface area contributed by atoms with Gasteiger partial charge in [0.15, 0.2) is 0 Å². The van der Waals surface area contributed by atoms with Crippen molar-refractivity contribution in [1.82, 2.24) is 0 Å². The van der Waals surface area contributed by atoms with Crippen molar-refractivity contribution in [3.8, 4) is 0 Å². The Morgan fingerprint density at radius 1 is 1.16 bits per heavy atom. The summed E-state index contributed by atoms with van der Waals surface area (Å²) in [5.41, 5.74) is 0.973. The second kappa shape index (κ2) is 6.04. The number of nitrogens with one attached hydrogen (secondary N) is 2. The number of rotatable bonds is 2. The van der Waals surface area contributed by atoms with Crippen LogP contribution in [0.4, 0.5) is 20.6 Å². The first-order valence-electron chi connectivity index (χ1n) is 5.34. The number of hydrogen-bond acceptors (Lipinski definition) is 1. The molecule has 0 unspecified atom stereocenters. The van der Waals surface area contributed by atoms with E-state index in [2.05, 4.69) is 26.6 Å². The maximum absolute atomic E-state index is 13.0. The maximum Gasteiger partial charge on any atom is 0.323 e. The van der Waals surface area contributed by atoms with Crippen molar-refractivity contribution in [2.45, 2.75) is 0 Å². The van der Waals surface area contributed by atoms with E-state index in [1.54, 1.807) is 24.3 Å². The van der Waals surface area contributed by atoms with Crippen LogP contribution in [0.2, 0.25) is 5.02 Å². The molecular weight excluding hydrogens is 335 g/mol. The minimum Gasteiger partial charge on any atom is -0.308 e. The summed E-state index contributed by atoms with van der Waals surface area (Å²) < 4.78 is 13.3. The molecule has 2 rings (SSSR count). The highest BCUT2D eigenvalue weighted by Gasteiger charge is 2.06. The van der Waals surface area contributed by atoms with E-state index in [0.717, 1.165) is 0 Å². The molecule has 19 heavy (non-hydrogen) atoms. The quantitative estimate of drug-likeness (QED) is 0.801. The number of carbonyl (C=O) groups is 1. The number of amides is 2. The van der Waals surface area contributed by atoms with Gasteiger partial charge < -0.3 is 10.6 Å². The van der Waals surface area contributed by atoms with Crippen molar-refractivity contribution in [2.75, 3.05) is 10.6 Å². The Bertz CT molecular complexity index is 621. The number of halogens is 3. The van der Waals surface area contributed by atoms with Gasteiger partial charge in [-0.1, -0.05) is 23.7 Å². The lowest BCUT2D eigenvalue weighted by Crippen LogP contribution is -2.19. The number of benzene rings is 2. The van der Waals surface area contributed by atoms with E-state index in [0.29, 0.717) is 16.4 Å². The minimum absolute atomic E-state index is 0.281.